The number of hydrogen-bond acceptors (Lipinski definition) is 0. The van der Waals surface area contributed by atoms with E-state index < -0.39 is 0 Å². The van der Waals surface area contributed by atoms with E-state index in [4.69, 9.17) is 0 Å². The van der Waals surface area contributed by atoms with Gasteiger partial charge >= 0.3 is 0 Å². The molecule has 0 saturated heterocycles. The lowest BCUT2D eigenvalue weighted by Gasteiger charge is -2.00. The third kappa shape index (κ3) is 4.95. The molecule has 2 rings (SSSR count). The van der Waals surface area contributed by atoms with Gasteiger partial charge in [0.25, 0.3) is 0 Å². The molecule has 2 aliphatic rings. The van der Waals surface area contributed by atoms with Crippen molar-refractivity contribution in [1.29, 1.82) is 0 Å². The van der Waals surface area contributed by atoms with Crippen molar-refractivity contribution in [1.82, 2.24) is 0 Å². The van der Waals surface area contributed by atoms with E-state index in [0.717, 1.165) is 0 Å². The molecule has 0 atom stereocenters. The Morgan fingerprint density at radius 1 is 0.250 bits per heavy atom. The molecule has 0 heterocycles. The second-order valence-electron chi connectivity index (χ2n) is 4.27. The second kappa shape index (κ2) is 8.49. The molecule has 0 nitrogen and oxygen atoms in total. The minimum Gasteiger partial charge on any atom is -0.0623 e. The van der Waals surface area contributed by atoms with E-state index >= 15 is 0 Å². The fraction of sp³-hybridized carbons (Fsp3) is 0. The summed E-state index contributed by atoms with van der Waals surface area (Å²) < 4.78 is 0. The van der Waals surface area contributed by atoms with Crippen LogP contribution in [0.25, 0.3) is 0 Å². The van der Waals surface area contributed by atoms with E-state index in [2.05, 4.69) is 48.6 Å². The van der Waals surface area contributed by atoms with Crippen molar-refractivity contribution in [2.24, 2.45) is 0 Å². The molecule has 0 heteroatoms. The van der Waals surface area contributed by atoms with Crippen LogP contribution in [0, 0.1) is 0 Å². The lowest BCUT2D eigenvalue weighted by Crippen LogP contribution is -1.80. The summed E-state index contributed by atoms with van der Waals surface area (Å²) in [5.74, 6) is 0. The first-order valence-corrected chi connectivity index (χ1v) is 6.74. The van der Waals surface area contributed by atoms with Gasteiger partial charge in [-0.3, -0.25) is 0 Å². The van der Waals surface area contributed by atoms with Crippen LogP contribution < -0.4 is 0 Å². The van der Waals surface area contributed by atoms with Crippen LogP contribution in [0.15, 0.2) is 121 Å². The molecule has 0 spiro atoms. The highest BCUT2D eigenvalue weighted by Crippen LogP contribution is 2.13. The summed E-state index contributed by atoms with van der Waals surface area (Å²) in [5.41, 5.74) is 2.36. The smallest absolute Gasteiger partial charge is 0.0184 e. The highest BCUT2D eigenvalue weighted by molar-refractivity contribution is 5.49. The van der Waals surface area contributed by atoms with Gasteiger partial charge in [-0.2, -0.15) is 0 Å². The van der Waals surface area contributed by atoms with Crippen molar-refractivity contribution in [2.45, 2.75) is 0 Å². The Balaban J connectivity index is 2.41. The van der Waals surface area contributed by atoms with Crippen LogP contribution in [-0.4, -0.2) is 0 Å². The molecule has 2 aliphatic carbocycles. The maximum absolute atomic E-state index is 2.12. The molecule has 0 aromatic heterocycles. The molecule has 20 heavy (non-hydrogen) atoms. The lowest BCUT2D eigenvalue weighted by molar-refractivity contribution is 1.55. The number of hydrogen-bond donors (Lipinski definition) is 0. The molecular formula is C20H18. The minimum atomic E-state index is 1.18. The fourth-order valence-electron chi connectivity index (χ4n) is 1.77. The predicted molar refractivity (Wildman–Crippen MR) is 89.3 cm³/mol. The zero-order valence-corrected chi connectivity index (χ0v) is 11.4. The average Bonchev–Trinajstić information content (AvgIpc) is 2.55. The van der Waals surface area contributed by atoms with Crippen LogP contribution in [0.4, 0.5) is 0 Å². The molecule has 0 saturated carbocycles. The van der Waals surface area contributed by atoms with Crippen LogP contribution in [0.5, 0.6) is 0 Å². The van der Waals surface area contributed by atoms with Crippen LogP contribution >= 0.6 is 0 Å². The van der Waals surface area contributed by atoms with Gasteiger partial charge in [0.1, 0.15) is 0 Å². The van der Waals surface area contributed by atoms with Crippen molar-refractivity contribution in [2.75, 3.05) is 0 Å². The number of allylic oxidation sites excluding steroid dienone is 20. The minimum absolute atomic E-state index is 1.18. The third-order valence-corrected chi connectivity index (χ3v) is 2.77. The summed E-state index contributed by atoms with van der Waals surface area (Å²) in [7, 11) is 0. The van der Waals surface area contributed by atoms with Crippen molar-refractivity contribution in [3.05, 3.63) is 121 Å². The maximum atomic E-state index is 2.12. The Kier molecular flexibility index (Phi) is 5.87. The summed E-state index contributed by atoms with van der Waals surface area (Å²) in [5, 5.41) is 0. The zero-order chi connectivity index (χ0) is 13.9. The van der Waals surface area contributed by atoms with Gasteiger partial charge in [-0.05, 0) is 11.1 Å². The van der Waals surface area contributed by atoms with Crippen LogP contribution in [0.3, 0.4) is 0 Å². The monoisotopic (exact) mass is 258 g/mol. The number of rotatable bonds is 0. The Hall–Kier alpha value is -2.60. The summed E-state index contributed by atoms with van der Waals surface area (Å²) in [6.45, 7) is 0. The normalized spacial score (nSPS) is 32.4. The van der Waals surface area contributed by atoms with Crippen LogP contribution in [-0.2, 0) is 0 Å². The van der Waals surface area contributed by atoms with Gasteiger partial charge in [-0.1, -0.05) is 109 Å². The molecule has 0 radical (unpaired) electrons. The van der Waals surface area contributed by atoms with Gasteiger partial charge in [0.2, 0.25) is 0 Å². The molecule has 0 aromatic carbocycles. The van der Waals surface area contributed by atoms with Crippen molar-refractivity contribution < 1.29 is 0 Å². The van der Waals surface area contributed by atoms with E-state index in [0.29, 0.717) is 0 Å². The van der Waals surface area contributed by atoms with Crippen molar-refractivity contribution >= 4 is 0 Å². The van der Waals surface area contributed by atoms with Gasteiger partial charge < -0.3 is 0 Å². The molecule has 0 aliphatic heterocycles. The Labute approximate surface area is 121 Å². The second-order valence-corrected chi connectivity index (χ2v) is 4.27. The van der Waals surface area contributed by atoms with Crippen molar-refractivity contribution in [3.8, 4) is 0 Å². The third-order valence-electron chi connectivity index (χ3n) is 2.77. The lowest BCUT2D eigenvalue weighted by atomic mass is 10.1. The maximum Gasteiger partial charge on any atom is -0.0184 e. The van der Waals surface area contributed by atoms with Gasteiger partial charge in [-0.15, -0.1) is 0 Å². The van der Waals surface area contributed by atoms with Crippen LogP contribution in [0.1, 0.15) is 0 Å². The van der Waals surface area contributed by atoms with Gasteiger partial charge in [0.05, 0.1) is 0 Å². The highest BCUT2D eigenvalue weighted by Gasteiger charge is 1.94. The Morgan fingerprint density at radius 2 is 0.450 bits per heavy atom. The van der Waals surface area contributed by atoms with E-state index in [-0.39, 0.29) is 0 Å². The SMILES string of the molecule is C1=C\C=C/C(=C2/C=C/C=C\C=C\C=C\C=C\2)/C=C\C=C/1. The first-order chi connectivity index (χ1) is 9.97. The van der Waals surface area contributed by atoms with Gasteiger partial charge in [0, 0.05) is 0 Å². The predicted octanol–water partition coefficient (Wildman–Crippen LogP) is 5.32. The highest BCUT2D eigenvalue weighted by atomic mass is 14.0. The van der Waals surface area contributed by atoms with Gasteiger partial charge in [-0.25, -0.2) is 0 Å². The first-order valence-electron chi connectivity index (χ1n) is 6.74. The fourth-order valence-corrected chi connectivity index (χ4v) is 1.77. The molecule has 0 N–H and O–H groups in total. The zero-order valence-electron chi connectivity index (χ0n) is 11.4. The van der Waals surface area contributed by atoms with E-state index in [1.807, 2.05) is 60.8 Å². The molecule has 98 valence electrons. The van der Waals surface area contributed by atoms with Gasteiger partial charge in [0.15, 0.2) is 0 Å². The standard InChI is InChI=1S/C20H18/c1-2-4-8-12-16-19(15-11-7-3-1)20-17-13-9-5-6-10-14-18-20/h1-18H/b2-1+,7-3-,8-4+,9-5-,10-6-,15-11+,16-12+,17-13-,18-14-. The largest absolute Gasteiger partial charge is 0.0623 e. The topological polar surface area (TPSA) is 0 Å². The Morgan fingerprint density at radius 3 is 0.700 bits per heavy atom. The van der Waals surface area contributed by atoms with Crippen LogP contribution in [0.2, 0.25) is 0 Å². The summed E-state index contributed by atoms with van der Waals surface area (Å²) in [4.78, 5) is 0. The molecule has 0 amide bonds. The molecule has 0 bridgehead atoms. The summed E-state index contributed by atoms with van der Waals surface area (Å²) in [6, 6.07) is 0. The van der Waals surface area contributed by atoms with E-state index in [1.54, 1.807) is 0 Å². The molecular weight excluding hydrogens is 240 g/mol. The van der Waals surface area contributed by atoms with E-state index in [1.165, 1.54) is 11.1 Å². The van der Waals surface area contributed by atoms with Crippen molar-refractivity contribution in [3.63, 3.8) is 0 Å². The summed E-state index contributed by atoms with van der Waals surface area (Å²) >= 11 is 0. The van der Waals surface area contributed by atoms with E-state index in [9.17, 15) is 0 Å². The average molecular weight is 258 g/mol. The quantitative estimate of drug-likeness (QED) is 0.552. The molecule has 0 aromatic rings. The first kappa shape index (κ1) is 13.8. The molecule has 0 fully saturated rings. The molecule has 0 unspecified atom stereocenters. The Bertz CT molecular complexity index is 554. The summed E-state index contributed by atoms with van der Waals surface area (Å²) in [6.07, 6.45) is 37.0.